The second-order valence-corrected chi connectivity index (χ2v) is 5.92. The molecule has 2 atom stereocenters. The Hall–Kier alpha value is -0.530. The summed E-state index contributed by atoms with van der Waals surface area (Å²) >= 11 is 2.18. The van der Waals surface area contributed by atoms with Crippen LogP contribution >= 0.6 is 22.6 Å². The first-order valence-electron chi connectivity index (χ1n) is 6.74. The molecular weight excluding hydrogens is 371 g/mol. The Labute approximate surface area is 134 Å². The van der Waals surface area contributed by atoms with Gasteiger partial charge in [-0.3, -0.25) is 0 Å². The van der Waals surface area contributed by atoms with Crippen LogP contribution in [0, 0.1) is 3.57 Å². The van der Waals surface area contributed by atoms with E-state index in [4.69, 9.17) is 14.2 Å². The van der Waals surface area contributed by atoms with Crippen LogP contribution < -0.4 is 9.47 Å². The number of rotatable bonds is 7. The average molecular weight is 394 g/mol. The number of hydrogen-bond donors (Lipinski definition) is 1. The number of ether oxygens (including phenoxy) is 3. The number of aliphatic hydroxyl groups is 1. The van der Waals surface area contributed by atoms with Crippen molar-refractivity contribution in [2.75, 3.05) is 13.7 Å². The molecule has 1 aromatic carbocycles. The fourth-order valence-corrected chi connectivity index (χ4v) is 2.51. The zero-order chi connectivity index (χ0) is 15.3. The van der Waals surface area contributed by atoms with Crippen molar-refractivity contribution in [1.82, 2.24) is 0 Å². The van der Waals surface area contributed by atoms with Crippen LogP contribution in [0.25, 0.3) is 0 Å². The summed E-state index contributed by atoms with van der Waals surface area (Å²) in [7, 11) is 1.59. The number of halogens is 1. The van der Waals surface area contributed by atoms with E-state index < -0.39 is 5.60 Å². The van der Waals surface area contributed by atoms with E-state index in [-0.39, 0.29) is 6.29 Å². The van der Waals surface area contributed by atoms with Gasteiger partial charge >= 0.3 is 0 Å². The monoisotopic (exact) mass is 394 g/mol. The summed E-state index contributed by atoms with van der Waals surface area (Å²) in [5.74, 6) is 1.25. The van der Waals surface area contributed by atoms with Crippen LogP contribution in [-0.4, -0.2) is 25.1 Å². The lowest BCUT2D eigenvalue weighted by molar-refractivity contribution is -0.0628. The minimum atomic E-state index is -0.878. The van der Waals surface area contributed by atoms with Crippen molar-refractivity contribution in [3.05, 3.63) is 21.3 Å². The largest absolute Gasteiger partial charge is 0.493 e. The fraction of sp³-hybridized carbons (Fsp3) is 0.600. The van der Waals surface area contributed by atoms with Gasteiger partial charge in [0.15, 0.2) is 17.8 Å². The topological polar surface area (TPSA) is 47.9 Å². The molecule has 0 aliphatic carbocycles. The van der Waals surface area contributed by atoms with E-state index in [1.165, 1.54) is 0 Å². The van der Waals surface area contributed by atoms with Crippen molar-refractivity contribution < 1.29 is 19.3 Å². The molecule has 0 radical (unpaired) electrons. The number of benzene rings is 1. The van der Waals surface area contributed by atoms with Gasteiger partial charge in [0.2, 0.25) is 0 Å². The molecule has 0 spiro atoms. The molecule has 114 valence electrons. The van der Waals surface area contributed by atoms with Gasteiger partial charge in [0.1, 0.15) is 0 Å². The van der Waals surface area contributed by atoms with Crippen molar-refractivity contribution in [3.8, 4) is 11.5 Å². The van der Waals surface area contributed by atoms with Crippen molar-refractivity contribution in [2.45, 2.75) is 46.0 Å². The Bertz CT molecular complexity index is 446. The highest BCUT2D eigenvalue weighted by atomic mass is 127. The summed E-state index contributed by atoms with van der Waals surface area (Å²) in [6, 6.07) is 3.74. The SMILES string of the molecule is CCOC(C)Oc1c(I)cc(C(C)(O)CC)cc1OC. The van der Waals surface area contributed by atoms with Gasteiger partial charge in [0.25, 0.3) is 0 Å². The Morgan fingerprint density at radius 2 is 2.00 bits per heavy atom. The molecule has 1 rings (SSSR count). The predicted molar refractivity (Wildman–Crippen MR) is 87.3 cm³/mol. The lowest BCUT2D eigenvalue weighted by Gasteiger charge is -2.25. The lowest BCUT2D eigenvalue weighted by Crippen LogP contribution is -2.21. The quantitative estimate of drug-likeness (QED) is 0.566. The minimum Gasteiger partial charge on any atom is -0.493 e. The zero-order valence-corrected chi connectivity index (χ0v) is 14.9. The maximum atomic E-state index is 10.4. The van der Waals surface area contributed by atoms with E-state index in [0.717, 1.165) is 9.13 Å². The zero-order valence-electron chi connectivity index (χ0n) is 12.7. The van der Waals surface area contributed by atoms with Crippen molar-refractivity contribution in [1.29, 1.82) is 0 Å². The summed E-state index contributed by atoms with van der Waals surface area (Å²) in [4.78, 5) is 0. The van der Waals surface area contributed by atoms with Crippen LogP contribution in [-0.2, 0) is 10.3 Å². The first-order chi connectivity index (χ1) is 9.35. The third-order valence-corrected chi connectivity index (χ3v) is 4.03. The highest BCUT2D eigenvalue weighted by Crippen LogP contribution is 2.38. The Morgan fingerprint density at radius 1 is 1.35 bits per heavy atom. The van der Waals surface area contributed by atoms with Gasteiger partial charge in [-0.05, 0) is 67.5 Å². The van der Waals surface area contributed by atoms with Gasteiger partial charge in [-0.25, -0.2) is 0 Å². The second kappa shape index (κ2) is 7.47. The first-order valence-corrected chi connectivity index (χ1v) is 7.82. The Morgan fingerprint density at radius 3 is 2.50 bits per heavy atom. The molecule has 0 aliphatic heterocycles. The van der Waals surface area contributed by atoms with E-state index in [1.54, 1.807) is 14.0 Å². The molecule has 0 heterocycles. The third-order valence-electron chi connectivity index (χ3n) is 3.22. The summed E-state index contributed by atoms with van der Waals surface area (Å²) in [5.41, 5.74) is -0.0604. The normalized spacial score (nSPS) is 15.6. The Kier molecular flexibility index (Phi) is 6.54. The molecular formula is C15H23IO4. The summed E-state index contributed by atoms with van der Waals surface area (Å²) in [6.07, 6.45) is 0.280. The van der Waals surface area contributed by atoms with Crippen LogP contribution in [0.2, 0.25) is 0 Å². The van der Waals surface area contributed by atoms with Gasteiger partial charge in [0.05, 0.1) is 16.3 Å². The summed E-state index contributed by atoms with van der Waals surface area (Å²) in [5, 5.41) is 10.4. The molecule has 5 heteroatoms. The molecule has 0 aromatic heterocycles. The van der Waals surface area contributed by atoms with Crippen molar-refractivity contribution in [2.24, 2.45) is 0 Å². The van der Waals surface area contributed by atoms with Gasteiger partial charge in [-0.15, -0.1) is 0 Å². The Balaban J connectivity index is 3.14. The van der Waals surface area contributed by atoms with E-state index in [1.807, 2.05) is 32.9 Å². The predicted octanol–water partition coefficient (Wildman–Crippen LogP) is 3.68. The molecule has 0 saturated carbocycles. The van der Waals surface area contributed by atoms with E-state index in [9.17, 15) is 5.11 Å². The molecule has 20 heavy (non-hydrogen) atoms. The van der Waals surface area contributed by atoms with Crippen LogP contribution in [0.15, 0.2) is 12.1 Å². The highest BCUT2D eigenvalue weighted by Gasteiger charge is 2.24. The van der Waals surface area contributed by atoms with Crippen LogP contribution in [0.4, 0.5) is 0 Å². The van der Waals surface area contributed by atoms with E-state index in [2.05, 4.69) is 22.6 Å². The average Bonchev–Trinajstić information content (AvgIpc) is 2.40. The molecule has 1 aromatic rings. The number of hydrogen-bond acceptors (Lipinski definition) is 4. The van der Waals surface area contributed by atoms with E-state index >= 15 is 0 Å². The number of methoxy groups -OCH3 is 1. The van der Waals surface area contributed by atoms with Gasteiger partial charge in [-0.2, -0.15) is 0 Å². The van der Waals surface area contributed by atoms with Crippen LogP contribution in [0.3, 0.4) is 0 Å². The molecule has 4 nitrogen and oxygen atoms in total. The molecule has 0 fully saturated rings. The molecule has 0 saturated heterocycles. The molecule has 0 bridgehead atoms. The van der Waals surface area contributed by atoms with E-state index in [0.29, 0.717) is 24.5 Å². The van der Waals surface area contributed by atoms with Gasteiger partial charge in [0, 0.05) is 6.61 Å². The maximum Gasteiger partial charge on any atom is 0.197 e. The van der Waals surface area contributed by atoms with Gasteiger partial charge < -0.3 is 19.3 Å². The summed E-state index contributed by atoms with van der Waals surface area (Å²) in [6.45, 7) is 8.09. The maximum absolute atomic E-state index is 10.4. The molecule has 0 amide bonds. The van der Waals surface area contributed by atoms with Crippen LogP contribution in [0.5, 0.6) is 11.5 Å². The van der Waals surface area contributed by atoms with Gasteiger partial charge in [-0.1, -0.05) is 6.92 Å². The minimum absolute atomic E-state index is 0.347. The molecule has 1 N–H and O–H groups in total. The smallest absolute Gasteiger partial charge is 0.197 e. The van der Waals surface area contributed by atoms with Crippen molar-refractivity contribution >= 4 is 22.6 Å². The molecule has 0 aliphatic rings. The first kappa shape index (κ1) is 17.5. The van der Waals surface area contributed by atoms with Crippen LogP contribution in [0.1, 0.15) is 39.7 Å². The second-order valence-electron chi connectivity index (χ2n) is 4.76. The standard InChI is InChI=1S/C15H23IO4/c1-6-15(4,17)11-8-12(16)14(13(9-11)18-5)20-10(3)19-7-2/h8-10,17H,6-7H2,1-5H3. The lowest BCUT2D eigenvalue weighted by atomic mass is 9.93. The highest BCUT2D eigenvalue weighted by molar-refractivity contribution is 14.1. The fourth-order valence-electron chi connectivity index (χ4n) is 1.78. The molecule has 2 unspecified atom stereocenters. The third kappa shape index (κ3) is 4.23. The van der Waals surface area contributed by atoms with Crippen molar-refractivity contribution in [3.63, 3.8) is 0 Å². The summed E-state index contributed by atoms with van der Waals surface area (Å²) < 4.78 is 17.4.